The quantitative estimate of drug-likeness (QED) is 0.416. The minimum absolute atomic E-state index is 0.0460. The van der Waals surface area contributed by atoms with Gasteiger partial charge in [0.2, 0.25) is 11.8 Å². The molecule has 1 N–H and O–H groups in total. The Labute approximate surface area is 217 Å². The number of ether oxygens (including phenoxy) is 2. The molecule has 2 atom stereocenters. The fourth-order valence-electron chi connectivity index (χ4n) is 5.40. The highest BCUT2D eigenvalue weighted by Crippen LogP contribution is 2.51. The number of nitrogens with zero attached hydrogens (tertiary/aromatic N) is 4. The second-order valence-electron chi connectivity index (χ2n) is 11.0. The molecule has 1 aliphatic carbocycles. The Morgan fingerprint density at radius 1 is 1.00 bits per heavy atom. The van der Waals surface area contributed by atoms with Crippen molar-refractivity contribution >= 4 is 11.8 Å². The maximum atomic E-state index is 13.7. The molecular weight excluding hydrogens is 458 g/mol. The number of amides is 2. The summed E-state index contributed by atoms with van der Waals surface area (Å²) in [6, 6.07) is 0. The second-order valence-corrected chi connectivity index (χ2v) is 11.0. The largest absolute Gasteiger partial charge is 0.383 e. The van der Waals surface area contributed by atoms with Crippen molar-refractivity contribution in [2.24, 2.45) is 17.3 Å². The highest BCUT2D eigenvalue weighted by molar-refractivity contribution is 5.84. The molecule has 1 heterocycles. The molecular formula is C27H49N5O4. The van der Waals surface area contributed by atoms with Crippen LogP contribution in [0.2, 0.25) is 0 Å². The van der Waals surface area contributed by atoms with E-state index in [1.165, 1.54) is 0 Å². The first kappa shape index (κ1) is 30.3. The number of carbonyl (C=O) groups is 2. The van der Waals surface area contributed by atoms with Crippen LogP contribution in [0.15, 0.2) is 6.20 Å². The highest BCUT2D eigenvalue weighted by atomic mass is 16.5. The number of hydrogen-bond acceptors (Lipinski definition) is 6. The topological polar surface area (TPSA) is 91.0 Å². The van der Waals surface area contributed by atoms with E-state index in [0.717, 1.165) is 37.2 Å². The standard InChI is InChI=1S/C27H49N5O4/c1-9-10-11-30(4)19-21-18-28-29-24(21)20-16-22(25(33)31(5)12-14-35-7)27(2,3)23(17-20)26(34)32(6)13-15-36-8/h18,20,22-23H,9-17,19H2,1-8H3,(H,28,29). The van der Waals surface area contributed by atoms with Crippen molar-refractivity contribution in [3.63, 3.8) is 0 Å². The Hall–Kier alpha value is -1.97. The zero-order valence-corrected chi connectivity index (χ0v) is 23.8. The molecule has 1 aromatic rings. The molecule has 0 aromatic carbocycles. The van der Waals surface area contributed by atoms with Gasteiger partial charge in [0.05, 0.1) is 19.4 Å². The normalized spacial score (nSPS) is 21.5. The minimum atomic E-state index is -0.495. The Bertz CT molecular complexity index is 789. The van der Waals surface area contributed by atoms with Crippen molar-refractivity contribution in [3.05, 3.63) is 17.5 Å². The highest BCUT2D eigenvalue weighted by Gasteiger charge is 2.51. The summed E-state index contributed by atoms with van der Waals surface area (Å²) in [6.45, 7) is 10.2. The molecule has 9 heteroatoms. The van der Waals surface area contributed by atoms with Crippen molar-refractivity contribution in [1.82, 2.24) is 24.9 Å². The molecule has 1 fully saturated rings. The van der Waals surface area contributed by atoms with E-state index in [0.29, 0.717) is 39.1 Å². The van der Waals surface area contributed by atoms with Crippen LogP contribution >= 0.6 is 0 Å². The average molecular weight is 508 g/mol. The van der Waals surface area contributed by atoms with Crippen molar-refractivity contribution in [1.29, 1.82) is 0 Å². The molecule has 0 radical (unpaired) electrons. The van der Waals surface area contributed by atoms with Crippen LogP contribution in [-0.4, -0.2) is 105 Å². The summed E-state index contributed by atoms with van der Waals surface area (Å²) in [7, 11) is 9.06. The van der Waals surface area contributed by atoms with Gasteiger partial charge in [-0.15, -0.1) is 0 Å². The van der Waals surface area contributed by atoms with Crippen LogP contribution in [0.4, 0.5) is 0 Å². The van der Waals surface area contributed by atoms with Gasteiger partial charge in [0.15, 0.2) is 0 Å². The van der Waals surface area contributed by atoms with Crippen LogP contribution in [-0.2, 0) is 25.6 Å². The molecule has 0 spiro atoms. The van der Waals surface area contributed by atoms with E-state index in [1.54, 1.807) is 24.0 Å². The van der Waals surface area contributed by atoms with E-state index in [9.17, 15) is 9.59 Å². The molecule has 2 rings (SSSR count). The van der Waals surface area contributed by atoms with Gasteiger partial charge < -0.3 is 24.2 Å². The number of carbonyl (C=O) groups excluding carboxylic acids is 2. The number of rotatable bonds is 14. The average Bonchev–Trinajstić information content (AvgIpc) is 3.31. The number of hydrogen-bond donors (Lipinski definition) is 1. The van der Waals surface area contributed by atoms with E-state index < -0.39 is 5.41 Å². The third-order valence-electron chi connectivity index (χ3n) is 7.94. The maximum Gasteiger partial charge on any atom is 0.226 e. The first-order valence-electron chi connectivity index (χ1n) is 13.3. The molecule has 2 amide bonds. The molecule has 36 heavy (non-hydrogen) atoms. The van der Waals surface area contributed by atoms with Crippen LogP contribution in [0.3, 0.4) is 0 Å². The van der Waals surface area contributed by atoms with Crippen molar-refractivity contribution in [2.45, 2.75) is 58.9 Å². The molecule has 0 aliphatic heterocycles. The van der Waals surface area contributed by atoms with Crippen molar-refractivity contribution in [3.8, 4) is 0 Å². The van der Waals surface area contributed by atoms with Gasteiger partial charge >= 0.3 is 0 Å². The smallest absolute Gasteiger partial charge is 0.226 e. The third kappa shape index (κ3) is 7.52. The lowest BCUT2D eigenvalue weighted by Gasteiger charge is -2.48. The monoisotopic (exact) mass is 507 g/mol. The second kappa shape index (κ2) is 14.1. The van der Waals surface area contributed by atoms with E-state index in [1.807, 2.05) is 20.3 Å². The summed E-state index contributed by atoms with van der Waals surface area (Å²) in [5.41, 5.74) is 1.71. The lowest BCUT2D eigenvalue weighted by Crippen LogP contribution is -2.52. The number of nitrogens with one attached hydrogen (secondary N) is 1. The van der Waals surface area contributed by atoms with Crippen LogP contribution in [0.1, 0.15) is 63.6 Å². The third-order valence-corrected chi connectivity index (χ3v) is 7.94. The fourth-order valence-corrected chi connectivity index (χ4v) is 5.40. The van der Waals surface area contributed by atoms with E-state index in [4.69, 9.17) is 9.47 Å². The van der Waals surface area contributed by atoms with Crippen LogP contribution in [0.5, 0.6) is 0 Å². The molecule has 1 aliphatic rings. The SMILES string of the molecule is CCCCN(C)Cc1cn[nH]c1C1CC(C(=O)N(C)CCOC)C(C)(C)C(C(=O)N(C)CCOC)C1. The van der Waals surface area contributed by atoms with Crippen molar-refractivity contribution in [2.75, 3.05) is 68.2 Å². The number of methoxy groups -OCH3 is 2. The van der Waals surface area contributed by atoms with Crippen molar-refractivity contribution < 1.29 is 19.1 Å². The lowest BCUT2D eigenvalue weighted by atomic mass is 9.57. The molecule has 0 saturated heterocycles. The van der Waals surface area contributed by atoms with Gasteiger partial charge in [-0.25, -0.2) is 0 Å². The maximum absolute atomic E-state index is 13.7. The van der Waals surface area contributed by atoms with E-state index >= 15 is 0 Å². The van der Waals surface area contributed by atoms with Gasteiger partial charge in [0.25, 0.3) is 0 Å². The Balaban J connectivity index is 2.38. The molecule has 2 unspecified atom stereocenters. The zero-order chi connectivity index (χ0) is 26.9. The summed E-state index contributed by atoms with van der Waals surface area (Å²) in [5.74, 6) is -0.404. The first-order chi connectivity index (χ1) is 17.1. The summed E-state index contributed by atoms with van der Waals surface area (Å²) >= 11 is 0. The number of likely N-dealkylation sites (N-methyl/N-ethyl adjacent to an activating group) is 2. The summed E-state index contributed by atoms with van der Waals surface area (Å²) in [6.07, 6.45) is 5.57. The van der Waals surface area contributed by atoms with Gasteiger partial charge in [-0.2, -0.15) is 5.10 Å². The minimum Gasteiger partial charge on any atom is -0.383 e. The first-order valence-corrected chi connectivity index (χ1v) is 13.3. The molecule has 0 bridgehead atoms. The summed E-state index contributed by atoms with van der Waals surface area (Å²) in [5, 5.41) is 7.63. The molecule has 1 saturated carbocycles. The lowest BCUT2D eigenvalue weighted by molar-refractivity contribution is -0.151. The van der Waals surface area contributed by atoms with E-state index in [-0.39, 0.29) is 29.6 Å². The molecule has 1 aromatic heterocycles. The predicted octanol–water partition coefficient (Wildman–Crippen LogP) is 2.99. The van der Waals surface area contributed by atoms with Gasteiger partial charge in [-0.1, -0.05) is 27.2 Å². The Kier molecular flexibility index (Phi) is 11.8. The van der Waals surface area contributed by atoms with E-state index in [2.05, 4.69) is 42.9 Å². The Morgan fingerprint density at radius 2 is 1.53 bits per heavy atom. The van der Waals surface area contributed by atoms with Gasteiger partial charge in [-0.3, -0.25) is 14.7 Å². The number of aromatic amines is 1. The molecule has 206 valence electrons. The number of H-pyrrole nitrogens is 1. The van der Waals surface area contributed by atoms with Gasteiger partial charge in [-0.05, 0) is 38.3 Å². The van der Waals surface area contributed by atoms with Gasteiger partial charge in [0, 0.05) is 77.0 Å². The number of unbranched alkanes of at least 4 members (excludes halogenated alkanes) is 1. The van der Waals surface area contributed by atoms with Gasteiger partial charge in [0.1, 0.15) is 0 Å². The summed E-state index contributed by atoms with van der Waals surface area (Å²) < 4.78 is 10.4. The molecule has 9 nitrogen and oxygen atoms in total. The fraction of sp³-hybridized carbons (Fsp3) is 0.815. The van der Waals surface area contributed by atoms with Crippen LogP contribution in [0.25, 0.3) is 0 Å². The Morgan fingerprint density at radius 3 is 2.00 bits per heavy atom. The number of aromatic nitrogens is 2. The zero-order valence-electron chi connectivity index (χ0n) is 23.8. The summed E-state index contributed by atoms with van der Waals surface area (Å²) in [4.78, 5) is 33.2. The van der Waals surface area contributed by atoms with Crippen LogP contribution in [0, 0.1) is 17.3 Å². The predicted molar refractivity (Wildman–Crippen MR) is 142 cm³/mol. The van der Waals surface area contributed by atoms with Crippen LogP contribution < -0.4 is 0 Å².